The minimum atomic E-state index is -0.191. The zero-order valence-corrected chi connectivity index (χ0v) is 13.4. The Morgan fingerprint density at radius 2 is 1.78 bits per heavy atom. The van der Waals surface area contributed by atoms with Gasteiger partial charge in [-0.05, 0) is 62.0 Å². The van der Waals surface area contributed by atoms with Crippen molar-refractivity contribution in [1.29, 1.82) is 0 Å². The molecule has 4 aliphatic rings. The topological polar surface area (TPSA) is 61.7 Å². The quantitative estimate of drug-likeness (QED) is 0.663. The third-order valence-electron chi connectivity index (χ3n) is 6.14. The van der Waals surface area contributed by atoms with Gasteiger partial charge in [-0.25, -0.2) is 5.43 Å². The van der Waals surface area contributed by atoms with Crippen molar-refractivity contribution in [3.8, 4) is 5.75 Å². The number of phenols is 1. The predicted octanol–water partition coefficient (Wildman–Crippen LogP) is 3.45. The molecule has 0 unspecified atom stereocenters. The lowest BCUT2D eigenvalue weighted by Crippen LogP contribution is -2.47. The van der Waals surface area contributed by atoms with E-state index in [4.69, 9.17) is 0 Å². The van der Waals surface area contributed by atoms with Crippen molar-refractivity contribution >= 4 is 12.1 Å². The number of hydrogen-bond acceptors (Lipinski definition) is 3. The second-order valence-electron chi connectivity index (χ2n) is 7.80. The summed E-state index contributed by atoms with van der Waals surface area (Å²) in [6.45, 7) is 0. The number of hydrogen-bond donors (Lipinski definition) is 2. The summed E-state index contributed by atoms with van der Waals surface area (Å²) < 4.78 is 0. The molecule has 0 radical (unpaired) electrons. The molecule has 1 aromatic carbocycles. The van der Waals surface area contributed by atoms with Gasteiger partial charge in [0.1, 0.15) is 5.75 Å². The number of amides is 1. The van der Waals surface area contributed by atoms with Crippen molar-refractivity contribution in [2.45, 2.75) is 44.9 Å². The molecule has 0 heterocycles. The van der Waals surface area contributed by atoms with Crippen molar-refractivity contribution in [2.75, 3.05) is 0 Å². The minimum absolute atomic E-state index is 0.0884. The SMILES string of the molecule is O=C(N/N=C\c1ccccc1O)C12CC3C[C@H](CC[C@@H](C3)C1)C2. The van der Waals surface area contributed by atoms with Gasteiger partial charge >= 0.3 is 0 Å². The van der Waals surface area contributed by atoms with Crippen molar-refractivity contribution in [1.82, 2.24) is 5.43 Å². The highest BCUT2D eigenvalue weighted by Gasteiger charge is 2.52. The van der Waals surface area contributed by atoms with Crippen LogP contribution in [0.1, 0.15) is 50.5 Å². The molecule has 0 spiro atoms. The third kappa shape index (κ3) is 2.75. The highest BCUT2D eigenvalue weighted by molar-refractivity contribution is 5.87. The Morgan fingerprint density at radius 1 is 1.13 bits per heavy atom. The van der Waals surface area contributed by atoms with Crippen molar-refractivity contribution < 1.29 is 9.90 Å². The molecule has 4 heteroatoms. The Kier molecular flexibility index (Phi) is 3.63. The van der Waals surface area contributed by atoms with Crippen molar-refractivity contribution in [3.63, 3.8) is 0 Å². The summed E-state index contributed by atoms with van der Waals surface area (Å²) in [4.78, 5) is 12.8. The first-order valence-corrected chi connectivity index (χ1v) is 8.76. The Morgan fingerprint density at radius 3 is 2.48 bits per heavy atom. The number of phenolic OH excluding ortho intramolecular Hbond substituents is 1. The van der Waals surface area contributed by atoms with Gasteiger partial charge in [-0.1, -0.05) is 25.0 Å². The summed E-state index contributed by atoms with van der Waals surface area (Å²) in [6, 6.07) is 7.00. The average Bonchev–Trinajstić information content (AvgIpc) is 2.75. The Hall–Kier alpha value is -1.84. The molecule has 4 aliphatic carbocycles. The van der Waals surface area contributed by atoms with E-state index in [9.17, 15) is 9.90 Å². The molecule has 1 aromatic rings. The number of hydrazone groups is 1. The van der Waals surface area contributed by atoms with Crippen LogP contribution in [-0.2, 0) is 4.79 Å². The molecule has 4 bridgehead atoms. The molecule has 4 fully saturated rings. The van der Waals surface area contributed by atoms with Gasteiger partial charge in [0.2, 0.25) is 5.91 Å². The fraction of sp³-hybridized carbons (Fsp3) is 0.579. The van der Waals surface area contributed by atoms with Gasteiger partial charge in [0.15, 0.2) is 0 Å². The van der Waals surface area contributed by atoms with E-state index in [2.05, 4.69) is 10.5 Å². The summed E-state index contributed by atoms with van der Waals surface area (Å²) in [7, 11) is 0. The van der Waals surface area contributed by atoms with Gasteiger partial charge in [-0.15, -0.1) is 0 Å². The maximum atomic E-state index is 12.8. The molecule has 0 aliphatic heterocycles. The lowest BCUT2D eigenvalue weighted by atomic mass is 9.58. The van der Waals surface area contributed by atoms with E-state index in [1.807, 2.05) is 6.07 Å². The Bertz CT molecular complexity index is 624. The molecule has 122 valence electrons. The number of nitrogens with zero attached hydrogens (tertiary/aromatic N) is 1. The molecule has 0 saturated heterocycles. The average molecular weight is 312 g/mol. The predicted molar refractivity (Wildman–Crippen MR) is 89.1 cm³/mol. The van der Waals surface area contributed by atoms with Gasteiger partial charge in [-0.2, -0.15) is 5.10 Å². The number of benzene rings is 1. The summed E-state index contributed by atoms with van der Waals surface area (Å²) >= 11 is 0. The first-order chi connectivity index (χ1) is 11.1. The van der Waals surface area contributed by atoms with Gasteiger partial charge in [-0.3, -0.25) is 4.79 Å². The van der Waals surface area contributed by atoms with E-state index in [0.717, 1.165) is 37.0 Å². The summed E-state index contributed by atoms with van der Waals surface area (Å²) in [5.41, 5.74) is 3.19. The molecule has 23 heavy (non-hydrogen) atoms. The van der Waals surface area contributed by atoms with Gasteiger partial charge in [0, 0.05) is 5.56 Å². The van der Waals surface area contributed by atoms with E-state index in [1.165, 1.54) is 31.9 Å². The molecule has 1 amide bonds. The van der Waals surface area contributed by atoms with Crippen molar-refractivity contribution in [2.24, 2.45) is 28.3 Å². The zero-order valence-electron chi connectivity index (χ0n) is 13.4. The van der Waals surface area contributed by atoms with Crippen LogP contribution in [-0.4, -0.2) is 17.2 Å². The number of para-hydroxylation sites is 1. The van der Waals surface area contributed by atoms with Crippen LogP contribution in [0.4, 0.5) is 0 Å². The van der Waals surface area contributed by atoms with Crippen LogP contribution < -0.4 is 5.43 Å². The number of carbonyl (C=O) groups is 1. The summed E-state index contributed by atoms with van der Waals surface area (Å²) in [5.74, 6) is 2.47. The molecule has 5 rings (SSSR count). The first kappa shape index (κ1) is 14.7. The van der Waals surface area contributed by atoms with Crippen LogP contribution in [0.2, 0.25) is 0 Å². The van der Waals surface area contributed by atoms with E-state index in [1.54, 1.807) is 18.2 Å². The second kappa shape index (κ2) is 5.66. The molecule has 4 saturated carbocycles. The smallest absolute Gasteiger partial charge is 0.246 e. The third-order valence-corrected chi connectivity index (χ3v) is 6.14. The molecule has 2 N–H and O–H groups in total. The van der Waals surface area contributed by atoms with Crippen LogP contribution in [0.3, 0.4) is 0 Å². The molecule has 0 aromatic heterocycles. The zero-order chi connectivity index (χ0) is 15.9. The van der Waals surface area contributed by atoms with Crippen molar-refractivity contribution in [3.05, 3.63) is 29.8 Å². The van der Waals surface area contributed by atoms with E-state index in [0.29, 0.717) is 5.56 Å². The Labute approximate surface area is 137 Å². The normalized spacial score (nSPS) is 35.4. The first-order valence-electron chi connectivity index (χ1n) is 8.76. The second-order valence-corrected chi connectivity index (χ2v) is 7.80. The Balaban J connectivity index is 1.48. The van der Waals surface area contributed by atoms with E-state index in [-0.39, 0.29) is 17.1 Å². The highest BCUT2D eigenvalue weighted by atomic mass is 16.3. The monoisotopic (exact) mass is 312 g/mol. The maximum absolute atomic E-state index is 12.8. The minimum Gasteiger partial charge on any atom is -0.507 e. The van der Waals surface area contributed by atoms with Crippen LogP contribution in [0.25, 0.3) is 0 Å². The number of aromatic hydroxyl groups is 1. The lowest BCUT2D eigenvalue weighted by Gasteiger charge is -2.46. The summed E-state index contributed by atoms with van der Waals surface area (Å²) in [5, 5.41) is 13.8. The van der Waals surface area contributed by atoms with Crippen LogP contribution in [0.15, 0.2) is 29.4 Å². The number of carbonyl (C=O) groups excluding carboxylic acids is 1. The number of rotatable bonds is 3. The summed E-state index contributed by atoms with van der Waals surface area (Å²) in [6.07, 6.45) is 9.91. The molecular weight excluding hydrogens is 288 g/mol. The molecule has 4 nitrogen and oxygen atoms in total. The molecular formula is C19H24N2O2. The van der Waals surface area contributed by atoms with Gasteiger partial charge in [0.25, 0.3) is 0 Å². The van der Waals surface area contributed by atoms with Crippen LogP contribution >= 0.6 is 0 Å². The number of fused-ring (bicyclic) bond motifs is 1. The highest BCUT2D eigenvalue weighted by Crippen LogP contribution is 2.57. The lowest BCUT2D eigenvalue weighted by molar-refractivity contribution is -0.138. The van der Waals surface area contributed by atoms with E-state index < -0.39 is 0 Å². The maximum Gasteiger partial charge on any atom is 0.246 e. The standard InChI is InChI=1S/C19H24N2O2/c22-17-4-2-1-3-16(17)12-20-21-18(23)19-9-13-5-6-14(10-19)8-15(7-13)11-19/h1-4,12-15,22H,5-11H2,(H,21,23)/b20-12-/t13-,14-,15?,19?/m0/s1. The van der Waals surface area contributed by atoms with Gasteiger partial charge < -0.3 is 5.11 Å². The van der Waals surface area contributed by atoms with E-state index >= 15 is 0 Å². The van der Waals surface area contributed by atoms with Crippen LogP contribution in [0.5, 0.6) is 5.75 Å². The molecule has 2 atom stereocenters. The largest absolute Gasteiger partial charge is 0.507 e. The fourth-order valence-electron chi connectivity index (χ4n) is 5.35. The number of nitrogens with one attached hydrogen (secondary N) is 1. The van der Waals surface area contributed by atoms with Gasteiger partial charge in [0.05, 0.1) is 11.6 Å². The van der Waals surface area contributed by atoms with Crippen LogP contribution in [0, 0.1) is 23.2 Å². The fourth-order valence-corrected chi connectivity index (χ4v) is 5.35.